The van der Waals surface area contributed by atoms with Gasteiger partial charge in [0, 0.05) is 36.6 Å². The summed E-state index contributed by atoms with van der Waals surface area (Å²) in [7, 11) is 0. The van der Waals surface area contributed by atoms with Gasteiger partial charge < -0.3 is 9.80 Å². The molecule has 0 amide bonds. The van der Waals surface area contributed by atoms with Crippen LogP contribution in [0.25, 0.3) is 0 Å². The molecule has 2 aromatic carbocycles. The van der Waals surface area contributed by atoms with E-state index < -0.39 is 0 Å². The van der Waals surface area contributed by atoms with Gasteiger partial charge in [-0.3, -0.25) is 10.1 Å². The van der Waals surface area contributed by atoms with Crippen LogP contribution >= 0.6 is 0 Å². The maximum absolute atomic E-state index is 10.8. The topological polar surface area (TPSA) is 49.6 Å². The van der Waals surface area contributed by atoms with Crippen molar-refractivity contribution in [3.8, 4) is 0 Å². The number of benzene rings is 2. The van der Waals surface area contributed by atoms with Gasteiger partial charge in [0.15, 0.2) is 0 Å². The highest BCUT2D eigenvalue weighted by atomic mass is 16.6. The summed E-state index contributed by atoms with van der Waals surface area (Å²) in [4.78, 5) is 15.0. The van der Waals surface area contributed by atoms with Gasteiger partial charge in [0.05, 0.1) is 11.6 Å². The molecule has 0 bridgehead atoms. The van der Waals surface area contributed by atoms with Crippen molar-refractivity contribution >= 4 is 17.1 Å². The lowest BCUT2D eigenvalue weighted by Gasteiger charge is -2.24. The van der Waals surface area contributed by atoms with E-state index in [0.717, 1.165) is 25.4 Å². The fourth-order valence-electron chi connectivity index (χ4n) is 3.44. The van der Waals surface area contributed by atoms with E-state index in [0.29, 0.717) is 0 Å². The standard InChI is InChI=1S/C18H21N3O2/c1-13-10-14(2)18(15(3)11-13)20-9-8-19(12-20)16-4-6-17(7-5-16)21(22)23/h4-7,10-11H,8-9,12H2,1-3H3. The van der Waals surface area contributed by atoms with Crippen LogP contribution in [-0.2, 0) is 0 Å². The molecule has 0 aliphatic carbocycles. The zero-order valence-electron chi connectivity index (χ0n) is 13.7. The van der Waals surface area contributed by atoms with Crippen molar-refractivity contribution in [1.82, 2.24) is 0 Å². The van der Waals surface area contributed by atoms with Crippen LogP contribution < -0.4 is 9.80 Å². The Morgan fingerprint density at radius 2 is 1.52 bits per heavy atom. The van der Waals surface area contributed by atoms with Crippen molar-refractivity contribution in [3.63, 3.8) is 0 Å². The van der Waals surface area contributed by atoms with Crippen LogP contribution in [0.4, 0.5) is 17.1 Å². The molecule has 0 spiro atoms. The molecule has 1 fully saturated rings. The monoisotopic (exact) mass is 311 g/mol. The molecule has 0 unspecified atom stereocenters. The molecule has 5 heteroatoms. The molecule has 3 rings (SSSR count). The molecule has 0 N–H and O–H groups in total. The first-order valence-corrected chi connectivity index (χ1v) is 7.78. The van der Waals surface area contributed by atoms with Crippen molar-refractivity contribution in [3.05, 3.63) is 63.2 Å². The SMILES string of the molecule is Cc1cc(C)c(N2CCN(c3ccc([N+](=O)[O-])cc3)C2)c(C)c1. The lowest BCUT2D eigenvalue weighted by molar-refractivity contribution is -0.384. The number of nitro benzene ring substituents is 1. The van der Waals surface area contributed by atoms with Gasteiger partial charge >= 0.3 is 0 Å². The predicted octanol–water partition coefficient (Wildman–Crippen LogP) is 3.80. The minimum Gasteiger partial charge on any atom is -0.352 e. The molecular formula is C18H21N3O2. The van der Waals surface area contributed by atoms with Gasteiger partial charge in [0.1, 0.15) is 0 Å². The third-order valence-electron chi connectivity index (χ3n) is 4.36. The third kappa shape index (κ3) is 2.99. The summed E-state index contributed by atoms with van der Waals surface area (Å²) in [6, 6.07) is 11.2. The van der Waals surface area contributed by atoms with Gasteiger partial charge in [-0.05, 0) is 44.0 Å². The third-order valence-corrected chi connectivity index (χ3v) is 4.36. The molecule has 0 atom stereocenters. The Morgan fingerprint density at radius 1 is 0.957 bits per heavy atom. The van der Waals surface area contributed by atoms with Crippen LogP contribution in [0.1, 0.15) is 16.7 Å². The Balaban J connectivity index is 1.80. The van der Waals surface area contributed by atoms with Crippen molar-refractivity contribution in [2.24, 2.45) is 0 Å². The summed E-state index contributed by atoms with van der Waals surface area (Å²) in [5.74, 6) is 0. The summed E-state index contributed by atoms with van der Waals surface area (Å²) in [6.45, 7) is 9.12. The van der Waals surface area contributed by atoms with Gasteiger partial charge in [-0.15, -0.1) is 0 Å². The largest absolute Gasteiger partial charge is 0.352 e. The zero-order chi connectivity index (χ0) is 16.6. The average Bonchev–Trinajstić information content (AvgIpc) is 2.95. The van der Waals surface area contributed by atoms with Crippen LogP contribution in [0.2, 0.25) is 0 Å². The Labute approximate surface area is 136 Å². The average molecular weight is 311 g/mol. The number of anilines is 2. The smallest absolute Gasteiger partial charge is 0.269 e. The van der Waals surface area contributed by atoms with Crippen LogP contribution in [0.5, 0.6) is 0 Å². The number of hydrogen-bond acceptors (Lipinski definition) is 4. The summed E-state index contributed by atoms with van der Waals surface area (Å²) >= 11 is 0. The van der Waals surface area contributed by atoms with Crippen molar-refractivity contribution < 1.29 is 4.92 Å². The fraction of sp³-hybridized carbons (Fsp3) is 0.333. The summed E-state index contributed by atoms with van der Waals surface area (Å²) in [5, 5.41) is 10.8. The van der Waals surface area contributed by atoms with Crippen LogP contribution in [0.3, 0.4) is 0 Å². The normalized spacial score (nSPS) is 14.4. The molecule has 1 aliphatic heterocycles. The maximum Gasteiger partial charge on any atom is 0.269 e. The summed E-state index contributed by atoms with van der Waals surface area (Å²) in [5.41, 5.74) is 6.35. The van der Waals surface area contributed by atoms with E-state index in [1.807, 2.05) is 12.1 Å². The van der Waals surface area contributed by atoms with E-state index in [4.69, 9.17) is 0 Å². The lowest BCUT2D eigenvalue weighted by Crippen LogP contribution is -2.26. The molecule has 0 saturated carbocycles. The molecule has 2 aromatic rings. The lowest BCUT2D eigenvalue weighted by atomic mass is 10.0. The van der Waals surface area contributed by atoms with Gasteiger partial charge in [-0.2, -0.15) is 0 Å². The second-order valence-electron chi connectivity index (χ2n) is 6.19. The van der Waals surface area contributed by atoms with E-state index >= 15 is 0 Å². The highest BCUT2D eigenvalue weighted by Crippen LogP contribution is 2.30. The Bertz CT molecular complexity index is 717. The second kappa shape index (κ2) is 5.91. The molecule has 5 nitrogen and oxygen atoms in total. The summed E-state index contributed by atoms with van der Waals surface area (Å²) < 4.78 is 0. The zero-order valence-corrected chi connectivity index (χ0v) is 13.7. The Hall–Kier alpha value is -2.56. The van der Waals surface area contributed by atoms with Crippen LogP contribution in [-0.4, -0.2) is 24.7 Å². The number of non-ortho nitro benzene ring substituents is 1. The molecule has 120 valence electrons. The minimum atomic E-state index is -0.362. The number of nitrogens with zero attached hydrogens (tertiary/aromatic N) is 3. The van der Waals surface area contributed by atoms with Gasteiger partial charge in [0.2, 0.25) is 0 Å². The summed E-state index contributed by atoms with van der Waals surface area (Å²) in [6.07, 6.45) is 0. The Kier molecular flexibility index (Phi) is 3.94. The first-order chi connectivity index (χ1) is 11.0. The Morgan fingerprint density at radius 3 is 2.09 bits per heavy atom. The van der Waals surface area contributed by atoms with Gasteiger partial charge in [-0.25, -0.2) is 0 Å². The number of rotatable bonds is 3. The van der Waals surface area contributed by atoms with E-state index in [1.54, 1.807) is 12.1 Å². The van der Waals surface area contributed by atoms with Crippen LogP contribution in [0.15, 0.2) is 36.4 Å². The van der Waals surface area contributed by atoms with Crippen molar-refractivity contribution in [2.75, 3.05) is 29.6 Å². The molecule has 23 heavy (non-hydrogen) atoms. The number of nitro groups is 1. The molecule has 0 aromatic heterocycles. The molecule has 1 aliphatic rings. The van der Waals surface area contributed by atoms with E-state index in [-0.39, 0.29) is 10.6 Å². The molecule has 1 saturated heterocycles. The molecule has 1 heterocycles. The highest BCUT2D eigenvalue weighted by molar-refractivity contribution is 5.63. The van der Waals surface area contributed by atoms with Gasteiger partial charge in [-0.1, -0.05) is 17.7 Å². The highest BCUT2D eigenvalue weighted by Gasteiger charge is 2.23. The van der Waals surface area contributed by atoms with E-state index in [1.165, 1.54) is 22.4 Å². The predicted molar refractivity (Wildman–Crippen MR) is 93.3 cm³/mol. The number of aryl methyl sites for hydroxylation is 3. The maximum atomic E-state index is 10.8. The fourth-order valence-corrected chi connectivity index (χ4v) is 3.44. The van der Waals surface area contributed by atoms with Crippen molar-refractivity contribution in [1.29, 1.82) is 0 Å². The minimum absolute atomic E-state index is 0.134. The second-order valence-corrected chi connectivity index (χ2v) is 6.19. The van der Waals surface area contributed by atoms with Gasteiger partial charge in [0.25, 0.3) is 5.69 Å². The quantitative estimate of drug-likeness (QED) is 0.639. The molecule has 0 radical (unpaired) electrons. The molecular weight excluding hydrogens is 290 g/mol. The van der Waals surface area contributed by atoms with E-state index in [9.17, 15) is 10.1 Å². The van der Waals surface area contributed by atoms with Crippen molar-refractivity contribution in [2.45, 2.75) is 20.8 Å². The van der Waals surface area contributed by atoms with Crippen LogP contribution in [0, 0.1) is 30.9 Å². The first-order valence-electron chi connectivity index (χ1n) is 7.78. The number of hydrogen-bond donors (Lipinski definition) is 0. The van der Waals surface area contributed by atoms with E-state index in [2.05, 4.69) is 42.7 Å². The first kappa shape index (κ1) is 15.3.